The number of nitrogens with one attached hydrogen (secondary N) is 3. The van der Waals surface area contributed by atoms with Gasteiger partial charge in [-0.1, -0.05) is 0 Å². The molecule has 15 heteroatoms. The van der Waals surface area contributed by atoms with Crippen LogP contribution in [0.15, 0.2) is 29.2 Å². The van der Waals surface area contributed by atoms with Gasteiger partial charge in [-0.05, 0) is 60.1 Å². The average molecular weight is 625 g/mol. The average Bonchev–Trinajstić information content (AvgIpc) is 3.69. The molecule has 1 fully saturated rings. The fraction of sp³-hybridized carbons (Fsp3) is 0.467. The highest BCUT2D eigenvalue weighted by Crippen LogP contribution is 2.38. The first-order valence-corrected chi connectivity index (χ1v) is 14.5. The van der Waals surface area contributed by atoms with E-state index in [1.807, 2.05) is 4.90 Å². The molecule has 1 atom stereocenters. The van der Waals surface area contributed by atoms with E-state index < -0.39 is 35.1 Å². The molecule has 1 saturated heterocycles. The Bertz CT molecular complexity index is 1740. The van der Waals surface area contributed by atoms with Crippen molar-refractivity contribution in [3.8, 4) is 0 Å². The van der Waals surface area contributed by atoms with Crippen LogP contribution in [0.1, 0.15) is 64.3 Å². The largest absolute Gasteiger partial charge is 0.451 e. The number of rotatable bonds is 6. The first-order valence-electron chi connectivity index (χ1n) is 14.5. The maximum atomic E-state index is 15.2. The number of alkyl carbamates (subject to hydrolysis) is 1. The van der Waals surface area contributed by atoms with E-state index in [4.69, 9.17) is 18.9 Å². The zero-order valence-electron chi connectivity index (χ0n) is 26.3. The molecule has 14 nitrogen and oxygen atoms in total. The molecular formula is C30H37FN8O6. The summed E-state index contributed by atoms with van der Waals surface area (Å²) in [6, 6.07) is 2.35. The summed E-state index contributed by atoms with van der Waals surface area (Å²) in [5.41, 5.74) is -0.250. The monoisotopic (exact) mass is 624 g/mol. The molecule has 4 heterocycles. The van der Waals surface area contributed by atoms with Gasteiger partial charge in [0.15, 0.2) is 17.9 Å². The minimum atomic E-state index is -0.762. The van der Waals surface area contributed by atoms with Gasteiger partial charge in [-0.2, -0.15) is 0 Å². The van der Waals surface area contributed by atoms with Crippen LogP contribution < -0.4 is 20.4 Å². The predicted molar refractivity (Wildman–Crippen MR) is 164 cm³/mol. The van der Waals surface area contributed by atoms with Gasteiger partial charge in [0.1, 0.15) is 34.7 Å². The van der Waals surface area contributed by atoms with Crippen molar-refractivity contribution in [2.75, 3.05) is 29.9 Å². The van der Waals surface area contributed by atoms with Crippen LogP contribution in [-0.2, 0) is 16.0 Å². The van der Waals surface area contributed by atoms with E-state index in [2.05, 4.69) is 25.6 Å². The Morgan fingerprint density at radius 1 is 1.13 bits per heavy atom. The summed E-state index contributed by atoms with van der Waals surface area (Å²) < 4.78 is 31.0. The Balaban J connectivity index is 1.54. The standard InChI is InChI=1S/C30H37FN8O6/c1-29(2,3)44-27(41)34-17-8-9-39(13-17)25-22-18-10-16(31)11-20(38(7)28(42)45-30(4,5)6)23(18)37-24(22)35-21(36-25)12-32-26(40)19-14-43-15-33-19/h10-11,14-15,17H,8-9,12-13H2,1-7H3,(H,32,40)(H,34,41)(H,35,36,37). The predicted octanol–water partition coefficient (Wildman–Crippen LogP) is 4.64. The summed E-state index contributed by atoms with van der Waals surface area (Å²) in [5.74, 6) is -0.305. The zero-order chi connectivity index (χ0) is 32.7. The number of nitrogens with zero attached hydrogens (tertiary/aromatic N) is 5. The van der Waals surface area contributed by atoms with Crippen molar-refractivity contribution in [1.82, 2.24) is 30.6 Å². The molecule has 45 heavy (non-hydrogen) atoms. The number of aromatic amines is 1. The lowest BCUT2D eigenvalue weighted by Gasteiger charge is -2.25. The number of anilines is 2. The van der Waals surface area contributed by atoms with Gasteiger partial charge in [-0.3, -0.25) is 9.69 Å². The Hall–Kier alpha value is -4.95. The molecule has 1 aromatic carbocycles. The normalized spacial score (nSPS) is 15.4. The fourth-order valence-electron chi connectivity index (χ4n) is 4.99. The van der Waals surface area contributed by atoms with Crippen molar-refractivity contribution in [3.63, 3.8) is 0 Å². The molecule has 3 N–H and O–H groups in total. The summed E-state index contributed by atoms with van der Waals surface area (Å²) in [7, 11) is 1.50. The van der Waals surface area contributed by atoms with Crippen molar-refractivity contribution in [3.05, 3.63) is 42.1 Å². The van der Waals surface area contributed by atoms with Gasteiger partial charge >= 0.3 is 12.2 Å². The molecule has 1 aliphatic rings. The molecule has 0 saturated carbocycles. The molecule has 0 aliphatic carbocycles. The summed E-state index contributed by atoms with van der Waals surface area (Å²) in [6.45, 7) is 11.5. The third kappa shape index (κ3) is 7.24. The molecule has 240 valence electrons. The van der Waals surface area contributed by atoms with Crippen molar-refractivity contribution >= 4 is 51.5 Å². The number of benzene rings is 1. The summed E-state index contributed by atoms with van der Waals surface area (Å²) >= 11 is 0. The second kappa shape index (κ2) is 11.9. The summed E-state index contributed by atoms with van der Waals surface area (Å²) in [5, 5.41) is 6.60. The van der Waals surface area contributed by atoms with Crippen LogP contribution in [0.2, 0.25) is 0 Å². The van der Waals surface area contributed by atoms with Gasteiger partial charge in [-0.25, -0.2) is 28.9 Å². The van der Waals surface area contributed by atoms with Crippen LogP contribution in [0.4, 0.5) is 25.5 Å². The lowest BCUT2D eigenvalue weighted by atomic mass is 10.1. The fourth-order valence-corrected chi connectivity index (χ4v) is 4.99. The van der Waals surface area contributed by atoms with Crippen molar-refractivity contribution in [1.29, 1.82) is 0 Å². The number of carbonyl (C=O) groups is 3. The lowest BCUT2D eigenvalue weighted by Crippen LogP contribution is -2.40. The number of H-pyrrole nitrogens is 1. The number of halogens is 1. The van der Waals surface area contributed by atoms with Crippen molar-refractivity contribution < 1.29 is 32.7 Å². The van der Waals surface area contributed by atoms with Crippen LogP contribution in [0.3, 0.4) is 0 Å². The minimum absolute atomic E-state index is 0.0452. The topological polar surface area (TPSA) is 168 Å². The maximum absolute atomic E-state index is 15.2. The van der Waals surface area contributed by atoms with Crippen molar-refractivity contribution in [2.45, 2.75) is 71.8 Å². The first-order chi connectivity index (χ1) is 21.1. The van der Waals surface area contributed by atoms with Gasteiger partial charge in [0.2, 0.25) is 0 Å². The van der Waals surface area contributed by atoms with Crippen LogP contribution in [0.25, 0.3) is 21.9 Å². The van der Waals surface area contributed by atoms with Gasteiger partial charge in [0.05, 0.1) is 29.2 Å². The molecule has 4 aromatic rings. The molecule has 0 radical (unpaired) electrons. The second-order valence-electron chi connectivity index (χ2n) is 12.8. The van der Waals surface area contributed by atoms with E-state index in [-0.39, 0.29) is 29.8 Å². The minimum Gasteiger partial charge on any atom is -0.451 e. The van der Waals surface area contributed by atoms with E-state index in [1.54, 1.807) is 41.5 Å². The van der Waals surface area contributed by atoms with Gasteiger partial charge in [0, 0.05) is 25.5 Å². The summed E-state index contributed by atoms with van der Waals surface area (Å²) in [6.07, 6.45) is 1.79. The molecule has 1 aliphatic heterocycles. The smallest absolute Gasteiger partial charge is 0.414 e. The lowest BCUT2D eigenvalue weighted by molar-refractivity contribution is 0.0507. The van der Waals surface area contributed by atoms with Crippen molar-refractivity contribution in [2.24, 2.45) is 0 Å². The highest BCUT2D eigenvalue weighted by molar-refractivity contribution is 6.16. The van der Waals surface area contributed by atoms with E-state index in [0.29, 0.717) is 47.3 Å². The molecule has 5 rings (SSSR count). The number of amides is 3. The zero-order valence-corrected chi connectivity index (χ0v) is 26.3. The highest BCUT2D eigenvalue weighted by atomic mass is 19.1. The highest BCUT2D eigenvalue weighted by Gasteiger charge is 2.31. The van der Waals surface area contributed by atoms with E-state index in [1.165, 1.54) is 30.3 Å². The van der Waals surface area contributed by atoms with Gasteiger partial charge < -0.3 is 34.4 Å². The molecule has 3 aromatic heterocycles. The number of aromatic nitrogens is 4. The quantitative estimate of drug-likeness (QED) is 0.275. The third-order valence-corrected chi connectivity index (χ3v) is 6.84. The van der Waals surface area contributed by atoms with Gasteiger partial charge in [-0.15, -0.1) is 0 Å². The number of oxazole rings is 1. The second-order valence-corrected chi connectivity index (χ2v) is 12.8. The van der Waals surface area contributed by atoms with E-state index >= 15 is 4.39 Å². The SMILES string of the molecule is CN(C(=O)OC(C)(C)C)c1cc(F)cc2c1[nH]c1nc(CNC(=O)c3cocn3)nc(N3CCC(NC(=O)OC(C)(C)C)C3)c12. The Morgan fingerprint density at radius 3 is 2.53 bits per heavy atom. The summed E-state index contributed by atoms with van der Waals surface area (Å²) in [4.78, 5) is 57.7. The molecule has 3 amide bonds. The molecular weight excluding hydrogens is 587 g/mol. The van der Waals surface area contributed by atoms with E-state index in [9.17, 15) is 14.4 Å². The molecule has 0 spiro atoms. The number of fused-ring (bicyclic) bond motifs is 3. The number of hydrogen-bond acceptors (Lipinski definition) is 10. The Kier molecular flexibility index (Phi) is 8.29. The number of carbonyl (C=O) groups excluding carboxylic acids is 3. The first kappa shape index (κ1) is 31.5. The Labute approximate surface area is 258 Å². The third-order valence-electron chi connectivity index (χ3n) is 6.84. The number of ether oxygens (including phenoxy) is 2. The molecule has 0 bridgehead atoms. The number of hydrogen-bond donors (Lipinski definition) is 3. The van der Waals surface area contributed by atoms with Crippen LogP contribution >= 0.6 is 0 Å². The van der Waals surface area contributed by atoms with Gasteiger partial charge in [0.25, 0.3) is 5.91 Å². The molecule has 1 unspecified atom stereocenters. The Morgan fingerprint density at radius 2 is 1.87 bits per heavy atom. The van der Waals surface area contributed by atoms with Crippen LogP contribution in [0, 0.1) is 5.82 Å². The van der Waals surface area contributed by atoms with Crippen LogP contribution in [0.5, 0.6) is 0 Å². The van der Waals surface area contributed by atoms with Crippen LogP contribution in [-0.4, -0.2) is 75.4 Å². The maximum Gasteiger partial charge on any atom is 0.414 e. The van der Waals surface area contributed by atoms with E-state index in [0.717, 1.165) is 6.39 Å².